The summed E-state index contributed by atoms with van der Waals surface area (Å²) in [5.74, 6) is 0.343. The van der Waals surface area contributed by atoms with Crippen molar-refractivity contribution < 1.29 is 19.8 Å². The first-order valence-corrected chi connectivity index (χ1v) is 12.8. The zero-order chi connectivity index (χ0) is 27.1. The third kappa shape index (κ3) is 3.84. The molecule has 0 radical (unpaired) electrons. The van der Waals surface area contributed by atoms with Crippen molar-refractivity contribution in [2.75, 3.05) is 27.2 Å². The summed E-state index contributed by atoms with van der Waals surface area (Å²) in [6, 6.07) is 22.9. The lowest BCUT2D eigenvalue weighted by Crippen LogP contribution is -2.44. The van der Waals surface area contributed by atoms with Crippen LogP contribution in [0.25, 0.3) is 32.7 Å². The summed E-state index contributed by atoms with van der Waals surface area (Å²) >= 11 is 0. The molecule has 2 saturated heterocycles. The van der Waals surface area contributed by atoms with Gasteiger partial charge in [-0.25, -0.2) is 9.59 Å². The molecule has 38 heavy (non-hydrogen) atoms. The normalized spacial score (nSPS) is 18.8. The van der Waals surface area contributed by atoms with Crippen LogP contribution in [0, 0.1) is 0 Å². The Morgan fingerprint density at radius 3 is 1.34 bits per heavy atom. The third-order valence-electron chi connectivity index (χ3n) is 7.54. The van der Waals surface area contributed by atoms with Gasteiger partial charge in [0.1, 0.15) is 23.8 Å². The minimum absolute atomic E-state index is 0.00435. The SMILES string of the molecule is CCN1C(=O)N(C)[C@H]2[C@@H]1N(C)C(=O)N2CC.Oc1ccc2ccccc2c1-c1c(O)ccc2ccccc12. The van der Waals surface area contributed by atoms with Gasteiger partial charge in [-0.15, -0.1) is 0 Å². The Balaban J connectivity index is 0.000000163. The number of carbonyl (C=O) groups is 2. The number of benzene rings is 4. The molecular weight excluding hydrogens is 480 g/mol. The second-order valence-corrected chi connectivity index (χ2v) is 9.55. The fraction of sp³-hybridized carbons (Fsp3) is 0.267. The number of hydrogen-bond acceptors (Lipinski definition) is 4. The van der Waals surface area contributed by atoms with Gasteiger partial charge in [-0.1, -0.05) is 60.7 Å². The van der Waals surface area contributed by atoms with Crippen molar-refractivity contribution in [3.05, 3.63) is 72.8 Å². The lowest BCUT2D eigenvalue weighted by molar-refractivity contribution is 0.147. The number of rotatable bonds is 3. The standard InChI is InChI=1S/C20H14O2.C10H18N4O2/c21-17-11-9-13-5-1-3-7-15(13)19(17)20-16-8-4-2-6-14(16)10-12-18(20)22;1-5-13-7-8(12(4)9(13)15)14(6-2)10(16)11(7)3/h1-12,21-22H;7-8H,5-6H2,1-4H3/t;7-,8-/m.1/s1. The summed E-state index contributed by atoms with van der Waals surface area (Å²) in [6.45, 7) is 5.11. The van der Waals surface area contributed by atoms with E-state index in [2.05, 4.69) is 0 Å². The molecule has 8 nitrogen and oxygen atoms in total. The van der Waals surface area contributed by atoms with Crippen molar-refractivity contribution in [1.82, 2.24) is 19.6 Å². The molecule has 2 fully saturated rings. The van der Waals surface area contributed by atoms with E-state index in [1.165, 1.54) is 0 Å². The molecule has 2 aliphatic heterocycles. The number of urea groups is 2. The molecule has 0 spiro atoms. The number of carbonyl (C=O) groups excluding carboxylic acids is 2. The molecule has 2 N–H and O–H groups in total. The van der Waals surface area contributed by atoms with Crippen LogP contribution < -0.4 is 0 Å². The molecular formula is C30H32N4O4. The smallest absolute Gasteiger partial charge is 0.323 e. The van der Waals surface area contributed by atoms with Crippen molar-refractivity contribution in [2.24, 2.45) is 0 Å². The van der Waals surface area contributed by atoms with E-state index in [9.17, 15) is 19.8 Å². The van der Waals surface area contributed by atoms with Crippen LogP contribution in [0.4, 0.5) is 9.59 Å². The fourth-order valence-corrected chi connectivity index (χ4v) is 5.69. The van der Waals surface area contributed by atoms with Crippen LogP contribution in [0.5, 0.6) is 11.5 Å². The lowest BCUT2D eigenvalue weighted by atomic mass is 9.92. The Bertz CT molecular complexity index is 1420. The predicted octanol–water partition coefficient (Wildman–Crippen LogP) is 5.48. The Labute approximate surface area is 221 Å². The highest BCUT2D eigenvalue weighted by Crippen LogP contribution is 2.44. The van der Waals surface area contributed by atoms with E-state index in [0.29, 0.717) is 24.2 Å². The topological polar surface area (TPSA) is 87.6 Å². The molecule has 0 unspecified atom stereocenters. The first-order valence-electron chi connectivity index (χ1n) is 12.8. The van der Waals surface area contributed by atoms with Gasteiger partial charge in [0.05, 0.1) is 0 Å². The van der Waals surface area contributed by atoms with Crippen molar-refractivity contribution >= 4 is 33.6 Å². The van der Waals surface area contributed by atoms with E-state index in [1.54, 1.807) is 45.8 Å². The van der Waals surface area contributed by atoms with Gasteiger partial charge in [0.25, 0.3) is 0 Å². The number of aromatic hydroxyl groups is 2. The molecule has 6 rings (SSSR count). The van der Waals surface area contributed by atoms with Gasteiger partial charge in [-0.05, 0) is 47.5 Å². The zero-order valence-corrected chi connectivity index (χ0v) is 22.0. The monoisotopic (exact) mass is 512 g/mol. The van der Waals surface area contributed by atoms with Crippen LogP contribution in [0.15, 0.2) is 72.8 Å². The molecule has 2 aliphatic rings. The second-order valence-electron chi connectivity index (χ2n) is 9.55. The van der Waals surface area contributed by atoms with Gasteiger partial charge in [-0.2, -0.15) is 0 Å². The molecule has 0 bridgehead atoms. The van der Waals surface area contributed by atoms with Crippen LogP contribution in [0.1, 0.15) is 13.8 Å². The molecule has 0 saturated carbocycles. The Kier molecular flexibility index (Phi) is 6.48. The van der Waals surface area contributed by atoms with Crippen LogP contribution in [-0.4, -0.2) is 81.4 Å². The molecule has 8 heteroatoms. The molecule has 4 aromatic rings. The highest BCUT2D eigenvalue weighted by atomic mass is 16.3. The largest absolute Gasteiger partial charge is 0.507 e. The highest BCUT2D eigenvalue weighted by molar-refractivity contribution is 6.09. The minimum atomic E-state index is -0.144. The van der Waals surface area contributed by atoms with E-state index < -0.39 is 0 Å². The van der Waals surface area contributed by atoms with Crippen LogP contribution in [-0.2, 0) is 0 Å². The van der Waals surface area contributed by atoms with Gasteiger partial charge in [-0.3, -0.25) is 0 Å². The average Bonchev–Trinajstić information content (AvgIpc) is 3.33. The van der Waals surface area contributed by atoms with Gasteiger partial charge in [0.2, 0.25) is 0 Å². The summed E-state index contributed by atoms with van der Waals surface area (Å²) < 4.78 is 0. The van der Waals surface area contributed by atoms with Crippen LogP contribution in [0.2, 0.25) is 0 Å². The number of phenols is 2. The number of fused-ring (bicyclic) bond motifs is 3. The predicted molar refractivity (Wildman–Crippen MR) is 149 cm³/mol. The molecule has 2 atom stereocenters. The zero-order valence-electron chi connectivity index (χ0n) is 22.0. The van der Waals surface area contributed by atoms with E-state index in [1.807, 2.05) is 74.5 Å². The first-order chi connectivity index (χ1) is 18.3. The number of likely N-dealkylation sites (N-methyl/N-ethyl adjacent to an activating group) is 4. The molecule has 0 aromatic heterocycles. The maximum atomic E-state index is 12.0. The number of hydrogen-bond donors (Lipinski definition) is 2. The minimum Gasteiger partial charge on any atom is -0.507 e. The third-order valence-corrected chi connectivity index (χ3v) is 7.54. The summed E-state index contributed by atoms with van der Waals surface area (Å²) in [6.07, 6.45) is -0.287. The van der Waals surface area contributed by atoms with Crippen molar-refractivity contribution in [1.29, 1.82) is 0 Å². The quantitative estimate of drug-likeness (QED) is 0.380. The van der Waals surface area contributed by atoms with Crippen molar-refractivity contribution in [2.45, 2.75) is 26.2 Å². The number of amides is 4. The Hall–Kier alpha value is -4.46. The van der Waals surface area contributed by atoms with Gasteiger partial charge >= 0.3 is 12.1 Å². The Morgan fingerprint density at radius 1 is 0.605 bits per heavy atom. The van der Waals surface area contributed by atoms with E-state index in [-0.39, 0.29) is 35.9 Å². The summed E-state index contributed by atoms with van der Waals surface area (Å²) in [5, 5.41) is 24.8. The van der Waals surface area contributed by atoms with E-state index in [0.717, 1.165) is 21.5 Å². The van der Waals surface area contributed by atoms with Crippen molar-refractivity contribution in [3.8, 4) is 22.6 Å². The lowest BCUT2D eigenvalue weighted by Gasteiger charge is -2.25. The van der Waals surface area contributed by atoms with E-state index in [4.69, 9.17) is 0 Å². The maximum Gasteiger partial charge on any atom is 0.323 e. The average molecular weight is 513 g/mol. The molecule has 196 valence electrons. The first kappa shape index (κ1) is 25.2. The summed E-state index contributed by atoms with van der Waals surface area (Å²) in [4.78, 5) is 30.7. The maximum absolute atomic E-state index is 12.0. The molecule has 4 amide bonds. The molecule has 0 aliphatic carbocycles. The highest BCUT2D eigenvalue weighted by Gasteiger charge is 2.55. The Morgan fingerprint density at radius 2 is 0.974 bits per heavy atom. The van der Waals surface area contributed by atoms with Gasteiger partial charge in [0.15, 0.2) is 0 Å². The number of nitrogens with zero attached hydrogens (tertiary/aromatic N) is 4. The summed E-state index contributed by atoms with van der Waals surface area (Å²) in [7, 11) is 3.51. The van der Waals surface area contributed by atoms with Crippen LogP contribution in [0.3, 0.4) is 0 Å². The second kappa shape index (κ2) is 9.78. The number of phenolic OH excluding ortho intramolecular Hbond substituents is 2. The fourth-order valence-electron chi connectivity index (χ4n) is 5.69. The van der Waals surface area contributed by atoms with Crippen LogP contribution >= 0.6 is 0 Å². The molecule has 2 heterocycles. The summed E-state index contributed by atoms with van der Waals surface area (Å²) in [5.41, 5.74) is 1.35. The van der Waals surface area contributed by atoms with Gasteiger partial charge < -0.3 is 29.8 Å². The van der Waals surface area contributed by atoms with E-state index >= 15 is 0 Å². The van der Waals surface area contributed by atoms with Crippen molar-refractivity contribution in [3.63, 3.8) is 0 Å². The molecule has 4 aromatic carbocycles. The van der Waals surface area contributed by atoms with Gasteiger partial charge in [0, 0.05) is 38.3 Å².